The van der Waals surface area contributed by atoms with E-state index in [4.69, 9.17) is 11.0 Å². The fourth-order valence-electron chi connectivity index (χ4n) is 2.19. The molecule has 0 saturated heterocycles. The normalized spacial score (nSPS) is 11.7. The molecule has 2 rings (SSSR count). The molecule has 0 aliphatic rings. The predicted molar refractivity (Wildman–Crippen MR) is 84.6 cm³/mol. The smallest absolute Gasteiger partial charge is 0.0640 e. The van der Waals surface area contributed by atoms with Crippen LogP contribution < -0.4 is 10.6 Å². The van der Waals surface area contributed by atoms with Gasteiger partial charge in [0.1, 0.15) is 0 Å². The van der Waals surface area contributed by atoms with Crippen molar-refractivity contribution < 1.29 is 0 Å². The van der Waals surface area contributed by atoms with Crippen LogP contribution in [0.25, 0.3) is 0 Å². The third-order valence-corrected chi connectivity index (χ3v) is 3.37. The van der Waals surface area contributed by atoms with E-state index in [1.165, 1.54) is 0 Å². The zero-order valence-corrected chi connectivity index (χ0v) is 12.2. The minimum Gasteiger partial charge on any atom is -0.366 e. The molecule has 0 bridgehead atoms. The first-order chi connectivity index (χ1) is 10.2. The minimum atomic E-state index is 0.0323. The summed E-state index contributed by atoms with van der Waals surface area (Å²) in [6.07, 6.45) is 4.12. The summed E-state index contributed by atoms with van der Waals surface area (Å²) in [6, 6.07) is 14.4. The van der Waals surface area contributed by atoms with Crippen molar-refractivity contribution in [2.75, 3.05) is 11.4 Å². The zero-order chi connectivity index (χ0) is 15.1. The molecule has 21 heavy (non-hydrogen) atoms. The Balaban J connectivity index is 2.17. The molecule has 1 aromatic carbocycles. The molecule has 4 heteroatoms. The first-order valence-electron chi connectivity index (χ1n) is 7.07. The molecular weight excluding hydrogens is 260 g/mol. The van der Waals surface area contributed by atoms with Gasteiger partial charge in [0.05, 0.1) is 12.5 Å². The molecule has 0 saturated carbocycles. The van der Waals surface area contributed by atoms with Gasteiger partial charge in [0, 0.05) is 37.2 Å². The Bertz CT molecular complexity index is 584. The highest BCUT2D eigenvalue weighted by molar-refractivity contribution is 5.48. The van der Waals surface area contributed by atoms with Crippen LogP contribution in [0.3, 0.4) is 0 Å². The average molecular weight is 280 g/mol. The van der Waals surface area contributed by atoms with Gasteiger partial charge in [-0.05, 0) is 36.2 Å². The maximum atomic E-state index is 8.84. The van der Waals surface area contributed by atoms with Crippen LogP contribution in [-0.4, -0.2) is 11.5 Å². The Kier molecular flexibility index (Phi) is 5.30. The van der Waals surface area contributed by atoms with E-state index in [1.54, 1.807) is 6.20 Å². The van der Waals surface area contributed by atoms with E-state index in [-0.39, 0.29) is 6.04 Å². The third-order valence-electron chi connectivity index (χ3n) is 3.37. The Labute approximate surface area is 125 Å². The number of aromatic nitrogens is 1. The number of benzene rings is 1. The van der Waals surface area contributed by atoms with Crippen LogP contribution in [0, 0.1) is 11.3 Å². The van der Waals surface area contributed by atoms with Crippen LogP contribution in [0.2, 0.25) is 0 Å². The van der Waals surface area contributed by atoms with Crippen molar-refractivity contribution >= 4 is 5.69 Å². The van der Waals surface area contributed by atoms with E-state index in [2.05, 4.69) is 28.1 Å². The van der Waals surface area contributed by atoms with Crippen molar-refractivity contribution in [2.45, 2.75) is 25.9 Å². The van der Waals surface area contributed by atoms with Crippen LogP contribution in [-0.2, 0) is 6.54 Å². The summed E-state index contributed by atoms with van der Waals surface area (Å²) in [4.78, 5) is 6.33. The lowest BCUT2D eigenvalue weighted by Gasteiger charge is -2.24. The summed E-state index contributed by atoms with van der Waals surface area (Å²) in [5, 5.41) is 8.84. The minimum absolute atomic E-state index is 0.0323. The highest BCUT2D eigenvalue weighted by atomic mass is 15.1. The molecule has 2 N–H and O–H groups in total. The van der Waals surface area contributed by atoms with Crippen molar-refractivity contribution in [3.63, 3.8) is 0 Å². The molecule has 2 aromatic rings. The molecule has 0 aliphatic carbocycles. The maximum Gasteiger partial charge on any atom is 0.0640 e. The van der Waals surface area contributed by atoms with Crippen molar-refractivity contribution in [2.24, 2.45) is 5.73 Å². The molecule has 1 aromatic heterocycles. The van der Waals surface area contributed by atoms with Crippen molar-refractivity contribution in [3.8, 4) is 6.07 Å². The van der Waals surface area contributed by atoms with Gasteiger partial charge in [-0.25, -0.2) is 0 Å². The van der Waals surface area contributed by atoms with E-state index in [1.807, 2.05) is 37.4 Å². The van der Waals surface area contributed by atoms with Crippen molar-refractivity contribution in [1.82, 2.24) is 4.98 Å². The summed E-state index contributed by atoms with van der Waals surface area (Å²) in [6.45, 7) is 3.41. The van der Waals surface area contributed by atoms with Crippen LogP contribution in [0.15, 0.2) is 48.8 Å². The van der Waals surface area contributed by atoms with E-state index < -0.39 is 0 Å². The van der Waals surface area contributed by atoms with Crippen LogP contribution >= 0.6 is 0 Å². The molecule has 108 valence electrons. The average Bonchev–Trinajstić information content (AvgIpc) is 2.52. The molecule has 0 radical (unpaired) electrons. The summed E-state index contributed by atoms with van der Waals surface area (Å²) >= 11 is 0. The van der Waals surface area contributed by atoms with Gasteiger partial charge in [0.25, 0.3) is 0 Å². The van der Waals surface area contributed by atoms with Crippen LogP contribution in [0.1, 0.15) is 30.5 Å². The quantitative estimate of drug-likeness (QED) is 0.883. The third kappa shape index (κ3) is 4.30. The maximum absolute atomic E-state index is 8.84. The highest BCUT2D eigenvalue weighted by Crippen LogP contribution is 2.20. The van der Waals surface area contributed by atoms with Crippen molar-refractivity contribution in [3.05, 3.63) is 59.9 Å². The Morgan fingerprint density at radius 3 is 2.62 bits per heavy atom. The summed E-state index contributed by atoms with van der Waals surface area (Å²) in [7, 11) is 0. The summed E-state index contributed by atoms with van der Waals surface area (Å²) in [5.41, 5.74) is 9.22. The standard InChI is InChI=1S/C17H20N4/c1-14(19)16-5-7-17(8-6-16)21(11-3-9-18)13-15-4-2-10-20-12-15/h2,4-8,10,12,14H,3,11,13,19H2,1H3/t14-/m1/s1. The first-order valence-corrected chi connectivity index (χ1v) is 7.07. The number of nitriles is 1. The number of hydrogen-bond acceptors (Lipinski definition) is 4. The van der Waals surface area contributed by atoms with Gasteiger partial charge in [-0.2, -0.15) is 5.26 Å². The lowest BCUT2D eigenvalue weighted by molar-refractivity contribution is 0.790. The molecule has 0 spiro atoms. The molecule has 1 heterocycles. The van der Waals surface area contributed by atoms with Crippen LogP contribution in [0.5, 0.6) is 0 Å². The number of rotatable bonds is 6. The second-order valence-electron chi connectivity index (χ2n) is 5.07. The van der Waals surface area contributed by atoms with E-state index in [0.717, 1.165) is 23.4 Å². The second-order valence-corrected chi connectivity index (χ2v) is 5.07. The van der Waals surface area contributed by atoms with E-state index >= 15 is 0 Å². The fraction of sp³-hybridized carbons (Fsp3) is 0.294. The summed E-state index contributed by atoms with van der Waals surface area (Å²) in [5.74, 6) is 0. The van der Waals surface area contributed by atoms with Gasteiger partial charge in [-0.15, -0.1) is 0 Å². The van der Waals surface area contributed by atoms with E-state index in [0.29, 0.717) is 13.0 Å². The van der Waals surface area contributed by atoms with E-state index in [9.17, 15) is 0 Å². The Morgan fingerprint density at radius 2 is 2.05 bits per heavy atom. The largest absolute Gasteiger partial charge is 0.366 e. The molecule has 0 aliphatic heterocycles. The SMILES string of the molecule is C[C@@H](N)c1ccc(N(CCC#N)Cc2cccnc2)cc1. The number of pyridine rings is 1. The lowest BCUT2D eigenvalue weighted by atomic mass is 10.1. The molecule has 1 atom stereocenters. The van der Waals surface area contributed by atoms with Crippen LogP contribution in [0.4, 0.5) is 5.69 Å². The predicted octanol–water partition coefficient (Wildman–Crippen LogP) is 3.02. The van der Waals surface area contributed by atoms with Gasteiger partial charge < -0.3 is 10.6 Å². The van der Waals surface area contributed by atoms with Gasteiger partial charge in [0.15, 0.2) is 0 Å². The van der Waals surface area contributed by atoms with Gasteiger partial charge in [-0.3, -0.25) is 4.98 Å². The number of nitrogens with two attached hydrogens (primary N) is 1. The van der Waals surface area contributed by atoms with Gasteiger partial charge in [-0.1, -0.05) is 18.2 Å². The number of anilines is 1. The number of hydrogen-bond donors (Lipinski definition) is 1. The number of nitrogens with zero attached hydrogens (tertiary/aromatic N) is 3. The van der Waals surface area contributed by atoms with Gasteiger partial charge >= 0.3 is 0 Å². The zero-order valence-electron chi connectivity index (χ0n) is 12.2. The fourth-order valence-corrected chi connectivity index (χ4v) is 2.19. The molecule has 0 amide bonds. The van der Waals surface area contributed by atoms with Gasteiger partial charge in [0.2, 0.25) is 0 Å². The second kappa shape index (κ2) is 7.41. The Hall–Kier alpha value is -2.38. The first kappa shape index (κ1) is 15.0. The topological polar surface area (TPSA) is 65.9 Å². The molecule has 0 unspecified atom stereocenters. The molecule has 4 nitrogen and oxygen atoms in total. The van der Waals surface area contributed by atoms with Crippen molar-refractivity contribution in [1.29, 1.82) is 5.26 Å². The lowest BCUT2D eigenvalue weighted by Crippen LogP contribution is -2.23. The molecule has 0 fully saturated rings. The molecular formula is C17H20N4. The Morgan fingerprint density at radius 1 is 1.29 bits per heavy atom. The summed E-state index contributed by atoms with van der Waals surface area (Å²) < 4.78 is 0. The highest BCUT2D eigenvalue weighted by Gasteiger charge is 2.08. The monoisotopic (exact) mass is 280 g/mol.